The zero-order valence-corrected chi connectivity index (χ0v) is 22.6. The van der Waals surface area contributed by atoms with Crippen molar-refractivity contribution in [2.45, 2.75) is 58.2 Å². The maximum Gasteiger partial charge on any atom is 0.314 e. The van der Waals surface area contributed by atoms with Gasteiger partial charge < -0.3 is 20.7 Å². The second kappa shape index (κ2) is 10.5. The van der Waals surface area contributed by atoms with Gasteiger partial charge in [0.2, 0.25) is 0 Å². The molecule has 4 heterocycles. The van der Waals surface area contributed by atoms with E-state index in [2.05, 4.69) is 42.0 Å². The number of pyridine rings is 1. The van der Waals surface area contributed by atoms with Gasteiger partial charge in [-0.3, -0.25) is 9.59 Å². The van der Waals surface area contributed by atoms with Crippen LogP contribution in [0.1, 0.15) is 30.7 Å². The average Bonchev–Trinajstić information content (AvgIpc) is 3.48. The number of aromatic nitrogens is 3. The molecule has 2 atom stereocenters. The Bertz CT molecular complexity index is 1190. The van der Waals surface area contributed by atoms with E-state index >= 15 is 0 Å². The predicted octanol–water partition coefficient (Wildman–Crippen LogP) is 4.33. The third kappa shape index (κ3) is 5.91. The third-order valence-electron chi connectivity index (χ3n) is 6.31. The number of nitrogens with one attached hydrogen (secondary N) is 1. The van der Waals surface area contributed by atoms with E-state index in [0.29, 0.717) is 41.5 Å². The summed E-state index contributed by atoms with van der Waals surface area (Å²) in [6, 6.07) is 4.95. The SMILES string of the molecule is CC1CCC(c2cccs2)N(C(=O)C(=O)Nc2cnc(N)c3cnn(COCC[Si](C)(C)C)c23)C1. The average molecular weight is 515 g/mol. The van der Waals surface area contributed by atoms with Crippen LogP contribution in [0.3, 0.4) is 0 Å². The quantitative estimate of drug-likeness (QED) is 0.276. The first-order chi connectivity index (χ1) is 16.6. The number of hydrogen-bond donors (Lipinski definition) is 2. The minimum absolute atomic E-state index is 0.0840. The number of nitrogens with two attached hydrogens (primary N) is 1. The van der Waals surface area contributed by atoms with E-state index < -0.39 is 19.9 Å². The summed E-state index contributed by atoms with van der Waals surface area (Å²) < 4.78 is 7.51. The molecule has 9 nitrogen and oxygen atoms in total. The lowest BCUT2D eigenvalue weighted by molar-refractivity contribution is -0.146. The highest BCUT2D eigenvalue weighted by Gasteiger charge is 2.35. The van der Waals surface area contributed by atoms with Crippen LogP contribution in [0.15, 0.2) is 29.9 Å². The zero-order chi connectivity index (χ0) is 25.2. The van der Waals surface area contributed by atoms with Gasteiger partial charge >= 0.3 is 11.8 Å². The molecule has 0 aromatic carbocycles. The lowest BCUT2D eigenvalue weighted by atomic mass is 9.93. The van der Waals surface area contributed by atoms with E-state index in [1.54, 1.807) is 27.1 Å². The molecule has 0 spiro atoms. The molecule has 0 saturated carbocycles. The Hall–Kier alpha value is -2.76. The second-order valence-electron chi connectivity index (χ2n) is 10.4. The van der Waals surface area contributed by atoms with Crippen molar-refractivity contribution in [3.8, 4) is 0 Å². The number of thiophene rings is 1. The van der Waals surface area contributed by atoms with Crippen molar-refractivity contribution in [3.05, 3.63) is 34.8 Å². The number of amides is 2. The number of piperidine rings is 1. The van der Waals surface area contributed by atoms with Gasteiger partial charge in [-0.2, -0.15) is 5.10 Å². The van der Waals surface area contributed by atoms with Gasteiger partial charge in [-0.05, 0) is 36.3 Å². The van der Waals surface area contributed by atoms with Crippen molar-refractivity contribution in [1.29, 1.82) is 0 Å². The summed E-state index contributed by atoms with van der Waals surface area (Å²) in [4.78, 5) is 33.5. The summed E-state index contributed by atoms with van der Waals surface area (Å²) in [5, 5.41) is 9.77. The molecule has 0 aliphatic carbocycles. The summed E-state index contributed by atoms with van der Waals surface area (Å²) >= 11 is 1.61. The molecule has 188 valence electrons. The Kier molecular flexibility index (Phi) is 7.58. The zero-order valence-electron chi connectivity index (χ0n) is 20.8. The van der Waals surface area contributed by atoms with Crippen molar-refractivity contribution in [2.24, 2.45) is 5.92 Å². The van der Waals surface area contributed by atoms with Crippen LogP contribution in [0, 0.1) is 5.92 Å². The van der Waals surface area contributed by atoms with E-state index in [0.717, 1.165) is 23.8 Å². The molecule has 0 bridgehead atoms. The number of likely N-dealkylation sites (tertiary alicyclic amines) is 1. The van der Waals surface area contributed by atoms with Gasteiger partial charge in [0.25, 0.3) is 0 Å². The molecule has 0 radical (unpaired) electrons. The van der Waals surface area contributed by atoms with Gasteiger partial charge in [0, 0.05) is 26.1 Å². The number of anilines is 2. The van der Waals surface area contributed by atoms with Crippen LogP contribution in [0.5, 0.6) is 0 Å². The minimum Gasteiger partial charge on any atom is -0.383 e. The molecule has 1 aliphatic heterocycles. The Morgan fingerprint density at radius 2 is 2.09 bits per heavy atom. The number of carbonyl (C=O) groups excluding carboxylic acids is 2. The predicted molar refractivity (Wildman–Crippen MR) is 142 cm³/mol. The van der Waals surface area contributed by atoms with Crippen LogP contribution >= 0.6 is 11.3 Å². The van der Waals surface area contributed by atoms with Crippen molar-refractivity contribution < 1.29 is 14.3 Å². The summed E-state index contributed by atoms with van der Waals surface area (Å²) in [5.74, 6) is -0.596. The number of fused-ring (bicyclic) bond motifs is 1. The summed E-state index contributed by atoms with van der Waals surface area (Å²) in [7, 11) is -1.22. The molecule has 11 heteroatoms. The molecule has 1 aliphatic rings. The molecule has 1 fully saturated rings. The van der Waals surface area contributed by atoms with Crippen LogP contribution in [0.4, 0.5) is 11.5 Å². The summed E-state index contributed by atoms with van der Waals surface area (Å²) in [5.41, 5.74) is 7.04. The van der Waals surface area contributed by atoms with Gasteiger partial charge in [-0.15, -0.1) is 11.3 Å². The van der Waals surface area contributed by atoms with Gasteiger partial charge in [-0.1, -0.05) is 32.6 Å². The lowest BCUT2D eigenvalue weighted by Crippen LogP contribution is -2.46. The minimum atomic E-state index is -1.22. The van der Waals surface area contributed by atoms with Crippen molar-refractivity contribution >= 4 is 53.6 Å². The number of hydrogen-bond acceptors (Lipinski definition) is 7. The Morgan fingerprint density at radius 3 is 2.80 bits per heavy atom. The van der Waals surface area contributed by atoms with Crippen LogP contribution in [-0.4, -0.2) is 52.7 Å². The van der Waals surface area contributed by atoms with E-state index in [4.69, 9.17) is 10.5 Å². The summed E-state index contributed by atoms with van der Waals surface area (Å²) in [6.07, 6.45) is 4.94. The first kappa shape index (κ1) is 25.3. The van der Waals surface area contributed by atoms with Crippen molar-refractivity contribution in [3.63, 3.8) is 0 Å². The fraction of sp³-hybridized carbons (Fsp3) is 0.500. The van der Waals surface area contributed by atoms with Gasteiger partial charge in [-0.25, -0.2) is 9.67 Å². The molecule has 4 rings (SSSR count). The maximum absolute atomic E-state index is 13.3. The van der Waals surface area contributed by atoms with E-state index in [1.807, 2.05) is 17.5 Å². The van der Waals surface area contributed by atoms with Crippen LogP contribution in [0.25, 0.3) is 10.9 Å². The standard InChI is InChI=1S/C24H34N6O3SSi/c1-16-7-8-19(20-6-5-10-34-20)29(14-16)24(32)23(31)28-18-13-26-22(25)17-12-27-30(21(17)18)15-33-9-11-35(2,3)4/h5-6,10,12-13,16,19H,7-9,11,14-15H2,1-4H3,(H2,25,26)(H,28,31). The van der Waals surface area contributed by atoms with E-state index in [9.17, 15) is 9.59 Å². The molecular weight excluding hydrogens is 480 g/mol. The lowest BCUT2D eigenvalue weighted by Gasteiger charge is -2.37. The summed E-state index contributed by atoms with van der Waals surface area (Å²) in [6.45, 7) is 10.4. The third-order valence-corrected chi connectivity index (χ3v) is 8.98. The fourth-order valence-corrected chi connectivity index (χ4v) is 5.93. The molecule has 3 aromatic heterocycles. The topological polar surface area (TPSA) is 115 Å². The smallest absolute Gasteiger partial charge is 0.314 e. The molecule has 3 aromatic rings. The Balaban J connectivity index is 1.53. The van der Waals surface area contributed by atoms with E-state index in [1.165, 1.54) is 6.20 Å². The fourth-order valence-electron chi connectivity index (χ4n) is 4.30. The number of carbonyl (C=O) groups is 2. The second-order valence-corrected chi connectivity index (χ2v) is 17.0. The molecular formula is C24H34N6O3SSi. The number of ether oxygens (including phenoxy) is 1. The highest BCUT2D eigenvalue weighted by Crippen LogP contribution is 2.36. The van der Waals surface area contributed by atoms with Crippen LogP contribution in [0.2, 0.25) is 25.7 Å². The largest absolute Gasteiger partial charge is 0.383 e. The molecule has 1 saturated heterocycles. The van der Waals surface area contributed by atoms with Gasteiger partial charge in [0.1, 0.15) is 12.5 Å². The van der Waals surface area contributed by atoms with Crippen molar-refractivity contribution in [1.82, 2.24) is 19.7 Å². The number of nitrogen functional groups attached to an aromatic ring is 1. The van der Waals surface area contributed by atoms with E-state index in [-0.39, 0.29) is 12.8 Å². The van der Waals surface area contributed by atoms with Crippen LogP contribution in [-0.2, 0) is 21.1 Å². The molecule has 2 amide bonds. The monoisotopic (exact) mass is 514 g/mol. The van der Waals surface area contributed by atoms with Gasteiger partial charge in [0.05, 0.1) is 35.0 Å². The highest BCUT2D eigenvalue weighted by atomic mass is 32.1. The normalized spacial score (nSPS) is 18.7. The van der Waals surface area contributed by atoms with Gasteiger partial charge in [0.15, 0.2) is 0 Å². The van der Waals surface area contributed by atoms with Crippen molar-refractivity contribution in [2.75, 3.05) is 24.2 Å². The first-order valence-electron chi connectivity index (χ1n) is 12.0. The number of rotatable bonds is 7. The molecule has 2 unspecified atom stereocenters. The molecule has 35 heavy (non-hydrogen) atoms. The molecule has 3 N–H and O–H groups in total. The Labute approximate surface area is 210 Å². The maximum atomic E-state index is 13.3. The Morgan fingerprint density at radius 1 is 1.29 bits per heavy atom. The number of nitrogens with zero attached hydrogens (tertiary/aromatic N) is 4. The van der Waals surface area contributed by atoms with Crippen LogP contribution < -0.4 is 11.1 Å². The first-order valence-corrected chi connectivity index (χ1v) is 16.6. The highest BCUT2D eigenvalue weighted by molar-refractivity contribution is 7.10.